The molecule has 2 N–H and O–H groups in total. The first-order chi connectivity index (χ1) is 12.5. The molecular formula is C18H23FN4O2S2. The van der Waals surface area contributed by atoms with E-state index in [1.807, 2.05) is 19.0 Å². The molecule has 0 atom stereocenters. The summed E-state index contributed by atoms with van der Waals surface area (Å²) in [7, 11) is 3.04. The molecule has 0 aliphatic heterocycles. The van der Waals surface area contributed by atoms with E-state index >= 15 is 0 Å². The largest absolute Gasteiger partial charge is 0.376 e. The molecule has 0 aliphatic carbocycles. The van der Waals surface area contributed by atoms with Crippen LogP contribution in [0.3, 0.4) is 0 Å². The van der Waals surface area contributed by atoms with Crippen molar-refractivity contribution in [1.29, 1.82) is 0 Å². The van der Waals surface area contributed by atoms with Crippen LogP contribution in [0.5, 0.6) is 0 Å². The van der Waals surface area contributed by atoms with Gasteiger partial charge in [-0.1, -0.05) is 6.07 Å². The first-order valence-corrected chi connectivity index (χ1v) is 9.95. The van der Waals surface area contributed by atoms with E-state index in [0.717, 1.165) is 9.99 Å². The molecule has 0 amide bonds. The summed E-state index contributed by atoms with van der Waals surface area (Å²) in [6.45, 7) is 1.68. The highest BCUT2D eigenvalue weighted by Crippen LogP contribution is 2.29. The molecule has 2 aromatic rings. The third kappa shape index (κ3) is 4.94. The molecule has 6 nitrogen and oxygen atoms in total. The molecule has 27 heavy (non-hydrogen) atoms. The van der Waals surface area contributed by atoms with Gasteiger partial charge in [0.15, 0.2) is 5.11 Å². The summed E-state index contributed by atoms with van der Waals surface area (Å²) in [5.41, 5.74) is 2.31. The second kappa shape index (κ2) is 8.20. The molecular weight excluding hydrogens is 387 g/mol. The van der Waals surface area contributed by atoms with Crippen LogP contribution < -0.4 is 15.5 Å². The number of halogens is 1. The lowest BCUT2D eigenvalue weighted by atomic mass is 10.2. The summed E-state index contributed by atoms with van der Waals surface area (Å²) in [5, 5.41) is 6.13. The first kappa shape index (κ1) is 21.1. The molecule has 0 heterocycles. The van der Waals surface area contributed by atoms with E-state index in [1.54, 1.807) is 31.2 Å². The van der Waals surface area contributed by atoms with Gasteiger partial charge in [-0.2, -0.15) is 0 Å². The quantitative estimate of drug-likeness (QED) is 0.738. The monoisotopic (exact) mass is 410 g/mol. The standard InChI is InChI=1S/C18H23FN4O2S2/c1-12-6-7-13(10-15(12)19)20-18(26)21-16-11-14(27(24,25)23(4)5)8-9-17(16)22(2)3/h6-11H,1-5H3,(H2,20,21,26). The Morgan fingerprint density at radius 2 is 1.70 bits per heavy atom. The van der Waals surface area contributed by atoms with Gasteiger partial charge in [-0.15, -0.1) is 0 Å². The van der Waals surface area contributed by atoms with Gasteiger partial charge in [0.2, 0.25) is 10.0 Å². The fourth-order valence-corrected chi connectivity index (χ4v) is 3.49. The average Bonchev–Trinajstić information content (AvgIpc) is 2.57. The molecule has 0 radical (unpaired) electrons. The Labute approximate surface area is 165 Å². The molecule has 0 saturated heterocycles. The number of nitrogens with one attached hydrogen (secondary N) is 2. The second-order valence-electron chi connectivity index (χ2n) is 6.40. The van der Waals surface area contributed by atoms with Crippen LogP contribution in [0.15, 0.2) is 41.3 Å². The maximum Gasteiger partial charge on any atom is 0.242 e. The van der Waals surface area contributed by atoms with Crippen LogP contribution >= 0.6 is 12.2 Å². The predicted octanol–water partition coefficient (Wildman–Crippen LogP) is 3.26. The number of hydrogen-bond acceptors (Lipinski definition) is 4. The molecule has 0 unspecified atom stereocenters. The maximum atomic E-state index is 13.7. The normalized spacial score (nSPS) is 11.4. The predicted molar refractivity (Wildman–Crippen MR) is 113 cm³/mol. The Kier molecular flexibility index (Phi) is 6.40. The number of aryl methyl sites for hydroxylation is 1. The van der Waals surface area contributed by atoms with E-state index in [4.69, 9.17) is 12.2 Å². The number of benzene rings is 2. The summed E-state index contributed by atoms with van der Waals surface area (Å²) in [5.74, 6) is -0.337. The van der Waals surface area contributed by atoms with Crippen molar-refractivity contribution in [3.63, 3.8) is 0 Å². The number of nitrogens with zero attached hydrogens (tertiary/aromatic N) is 2. The molecule has 0 aliphatic rings. The van der Waals surface area contributed by atoms with Crippen LogP contribution in [0.25, 0.3) is 0 Å². The van der Waals surface area contributed by atoms with Crippen molar-refractivity contribution >= 4 is 44.4 Å². The lowest BCUT2D eigenvalue weighted by Gasteiger charge is -2.21. The first-order valence-electron chi connectivity index (χ1n) is 8.10. The van der Waals surface area contributed by atoms with Crippen LogP contribution in [-0.2, 0) is 10.0 Å². The summed E-state index contributed by atoms with van der Waals surface area (Å²) >= 11 is 5.31. The third-order valence-corrected chi connectivity index (χ3v) is 5.92. The van der Waals surface area contributed by atoms with Crippen LogP contribution in [0.2, 0.25) is 0 Å². The second-order valence-corrected chi connectivity index (χ2v) is 8.96. The van der Waals surface area contributed by atoms with Gasteiger partial charge in [-0.25, -0.2) is 17.1 Å². The SMILES string of the molecule is Cc1ccc(NC(=S)Nc2cc(S(=O)(=O)N(C)C)ccc2N(C)C)cc1F. The average molecular weight is 411 g/mol. The van der Waals surface area contributed by atoms with E-state index in [9.17, 15) is 12.8 Å². The van der Waals surface area contributed by atoms with Gasteiger partial charge < -0.3 is 15.5 Å². The van der Waals surface area contributed by atoms with Crippen LogP contribution in [-0.4, -0.2) is 46.0 Å². The molecule has 9 heteroatoms. The zero-order valence-corrected chi connectivity index (χ0v) is 17.5. The van der Waals surface area contributed by atoms with Gasteiger partial charge in [0, 0.05) is 33.9 Å². The molecule has 0 bridgehead atoms. The highest BCUT2D eigenvalue weighted by atomic mass is 32.2. The Bertz CT molecular complexity index is 960. The summed E-state index contributed by atoms with van der Waals surface area (Å²) in [6.07, 6.45) is 0. The minimum Gasteiger partial charge on any atom is -0.376 e. The number of anilines is 3. The van der Waals surface area contributed by atoms with Crippen molar-refractivity contribution in [3.05, 3.63) is 47.8 Å². The van der Waals surface area contributed by atoms with Crippen molar-refractivity contribution in [2.45, 2.75) is 11.8 Å². The van der Waals surface area contributed by atoms with Crippen molar-refractivity contribution in [1.82, 2.24) is 4.31 Å². The van der Waals surface area contributed by atoms with Gasteiger partial charge in [0.05, 0.1) is 16.3 Å². The molecule has 0 saturated carbocycles. The van der Waals surface area contributed by atoms with Crippen molar-refractivity contribution in [2.75, 3.05) is 43.7 Å². The van der Waals surface area contributed by atoms with Crippen LogP contribution in [0, 0.1) is 12.7 Å². The third-order valence-electron chi connectivity index (χ3n) is 3.91. The minimum absolute atomic E-state index is 0.143. The fraction of sp³-hybridized carbons (Fsp3) is 0.278. The molecule has 0 fully saturated rings. The van der Waals surface area contributed by atoms with Gasteiger partial charge >= 0.3 is 0 Å². The molecule has 0 aromatic heterocycles. The van der Waals surface area contributed by atoms with Gasteiger partial charge in [0.25, 0.3) is 0 Å². The highest BCUT2D eigenvalue weighted by Gasteiger charge is 2.19. The smallest absolute Gasteiger partial charge is 0.242 e. The van der Waals surface area contributed by atoms with E-state index < -0.39 is 10.0 Å². The lowest BCUT2D eigenvalue weighted by Crippen LogP contribution is -2.24. The van der Waals surface area contributed by atoms with Crippen molar-refractivity contribution in [2.24, 2.45) is 0 Å². The molecule has 2 rings (SSSR count). The highest BCUT2D eigenvalue weighted by molar-refractivity contribution is 7.89. The number of rotatable bonds is 5. The minimum atomic E-state index is -3.59. The van der Waals surface area contributed by atoms with Crippen LogP contribution in [0.4, 0.5) is 21.5 Å². The number of thiocarbonyl (C=S) groups is 1. The van der Waals surface area contributed by atoms with Crippen LogP contribution in [0.1, 0.15) is 5.56 Å². The van der Waals surface area contributed by atoms with E-state index in [-0.39, 0.29) is 15.8 Å². The number of sulfonamides is 1. The molecule has 146 valence electrons. The van der Waals surface area contributed by atoms with Gasteiger partial charge in [0.1, 0.15) is 5.82 Å². The summed E-state index contributed by atoms with van der Waals surface area (Å²) in [4.78, 5) is 1.98. The zero-order valence-electron chi connectivity index (χ0n) is 15.9. The topological polar surface area (TPSA) is 64.7 Å². The Hall–Kier alpha value is -2.23. The van der Waals surface area contributed by atoms with Crippen molar-refractivity contribution in [3.8, 4) is 0 Å². The zero-order chi connectivity index (χ0) is 20.4. The summed E-state index contributed by atoms with van der Waals surface area (Å²) in [6, 6.07) is 9.48. The Morgan fingerprint density at radius 1 is 1.04 bits per heavy atom. The molecule has 0 spiro atoms. The molecule has 2 aromatic carbocycles. The van der Waals surface area contributed by atoms with E-state index in [1.165, 1.54) is 26.2 Å². The summed E-state index contributed by atoms with van der Waals surface area (Å²) < 4.78 is 39.7. The Balaban J connectivity index is 2.32. The Morgan fingerprint density at radius 3 is 2.26 bits per heavy atom. The van der Waals surface area contributed by atoms with Crippen molar-refractivity contribution < 1.29 is 12.8 Å². The fourth-order valence-electron chi connectivity index (χ4n) is 2.33. The maximum absolute atomic E-state index is 13.7. The van der Waals surface area contributed by atoms with E-state index in [2.05, 4.69) is 10.6 Å². The lowest BCUT2D eigenvalue weighted by molar-refractivity contribution is 0.521. The van der Waals surface area contributed by atoms with Gasteiger partial charge in [-0.05, 0) is 55.0 Å². The van der Waals surface area contributed by atoms with Gasteiger partial charge in [-0.3, -0.25) is 0 Å². The number of hydrogen-bond donors (Lipinski definition) is 2. The van der Waals surface area contributed by atoms with E-state index in [0.29, 0.717) is 16.9 Å².